The minimum atomic E-state index is -0.00590. The van der Waals surface area contributed by atoms with E-state index in [0.717, 1.165) is 44.8 Å². The van der Waals surface area contributed by atoms with Gasteiger partial charge in [0.1, 0.15) is 0 Å². The molecule has 2 aromatic carbocycles. The molecule has 0 saturated carbocycles. The molecule has 0 aliphatic rings. The number of carbonyl (C=O) groups is 1. The first-order valence-corrected chi connectivity index (χ1v) is 10.9. The molecule has 0 atom stereocenters. The summed E-state index contributed by atoms with van der Waals surface area (Å²) in [5.74, 6) is 0.0432. The Morgan fingerprint density at radius 2 is 1.59 bits per heavy atom. The minimum Gasteiger partial charge on any atom is -0.381 e. The highest BCUT2D eigenvalue weighted by molar-refractivity contribution is 5.92. The van der Waals surface area contributed by atoms with E-state index in [1.807, 2.05) is 26.0 Å². The molecule has 1 amide bonds. The van der Waals surface area contributed by atoms with E-state index < -0.39 is 0 Å². The smallest absolute Gasteiger partial charge is 0.226 e. The van der Waals surface area contributed by atoms with Crippen molar-refractivity contribution >= 4 is 11.6 Å². The van der Waals surface area contributed by atoms with Crippen LogP contribution in [0.15, 0.2) is 54.6 Å². The first kappa shape index (κ1) is 23.1. The van der Waals surface area contributed by atoms with Gasteiger partial charge in [-0.05, 0) is 49.1 Å². The molecular formula is C25H36N2O2. The zero-order valence-electron chi connectivity index (χ0n) is 18.0. The molecule has 2 rings (SSSR count). The fourth-order valence-corrected chi connectivity index (χ4v) is 2.97. The SMILES string of the molecule is CC(C)C(=O)Nc1ccc(CCOCCCCCCNCc2ccccc2)cc1. The summed E-state index contributed by atoms with van der Waals surface area (Å²) in [5, 5.41) is 6.41. The van der Waals surface area contributed by atoms with Gasteiger partial charge in [0.25, 0.3) is 0 Å². The maximum absolute atomic E-state index is 11.7. The Morgan fingerprint density at radius 3 is 2.31 bits per heavy atom. The Hall–Kier alpha value is -2.17. The summed E-state index contributed by atoms with van der Waals surface area (Å²) in [4.78, 5) is 11.7. The monoisotopic (exact) mass is 396 g/mol. The highest BCUT2D eigenvalue weighted by Gasteiger charge is 2.06. The number of amides is 1. The molecule has 2 aromatic rings. The second-order valence-corrected chi connectivity index (χ2v) is 7.78. The van der Waals surface area contributed by atoms with E-state index >= 15 is 0 Å². The second kappa shape index (κ2) is 13.9. The molecule has 0 aliphatic heterocycles. The Balaban J connectivity index is 1.42. The van der Waals surface area contributed by atoms with Crippen LogP contribution in [0.2, 0.25) is 0 Å². The van der Waals surface area contributed by atoms with Crippen LogP contribution in [0.3, 0.4) is 0 Å². The lowest BCUT2D eigenvalue weighted by Crippen LogP contribution is -2.17. The van der Waals surface area contributed by atoms with Crippen molar-refractivity contribution in [2.45, 2.75) is 52.5 Å². The normalized spacial score (nSPS) is 11.0. The van der Waals surface area contributed by atoms with Crippen LogP contribution >= 0.6 is 0 Å². The van der Waals surface area contributed by atoms with E-state index in [1.165, 1.54) is 30.4 Å². The van der Waals surface area contributed by atoms with E-state index in [2.05, 4.69) is 53.1 Å². The third kappa shape index (κ3) is 10.2. The maximum Gasteiger partial charge on any atom is 0.226 e. The number of rotatable bonds is 14. The van der Waals surface area contributed by atoms with Gasteiger partial charge in [-0.25, -0.2) is 0 Å². The van der Waals surface area contributed by atoms with Gasteiger partial charge in [0.05, 0.1) is 6.61 Å². The molecule has 0 fully saturated rings. The van der Waals surface area contributed by atoms with Crippen molar-refractivity contribution in [3.63, 3.8) is 0 Å². The molecule has 0 radical (unpaired) electrons. The molecule has 0 aromatic heterocycles. The molecule has 0 heterocycles. The number of hydrogen-bond acceptors (Lipinski definition) is 3. The van der Waals surface area contributed by atoms with Crippen LogP contribution in [0.4, 0.5) is 5.69 Å². The molecule has 158 valence electrons. The van der Waals surface area contributed by atoms with Crippen LogP contribution in [0.5, 0.6) is 0 Å². The molecule has 29 heavy (non-hydrogen) atoms. The quantitative estimate of drug-likeness (QED) is 0.432. The summed E-state index contributed by atoms with van der Waals surface area (Å²) >= 11 is 0. The number of carbonyl (C=O) groups excluding carboxylic acids is 1. The van der Waals surface area contributed by atoms with Crippen molar-refractivity contribution in [3.8, 4) is 0 Å². The molecule has 0 unspecified atom stereocenters. The number of unbranched alkanes of at least 4 members (excludes halogenated alkanes) is 3. The summed E-state index contributed by atoms with van der Waals surface area (Å²) < 4.78 is 5.76. The fourth-order valence-electron chi connectivity index (χ4n) is 2.97. The Kier molecular flexibility index (Phi) is 11.1. The van der Waals surface area contributed by atoms with Crippen molar-refractivity contribution < 1.29 is 9.53 Å². The topological polar surface area (TPSA) is 50.4 Å². The lowest BCUT2D eigenvalue weighted by Gasteiger charge is -2.09. The summed E-state index contributed by atoms with van der Waals surface area (Å²) in [6.07, 6.45) is 5.71. The van der Waals surface area contributed by atoms with Gasteiger partial charge >= 0.3 is 0 Å². The van der Waals surface area contributed by atoms with E-state index in [0.29, 0.717) is 0 Å². The third-order valence-corrected chi connectivity index (χ3v) is 4.85. The lowest BCUT2D eigenvalue weighted by atomic mass is 10.1. The lowest BCUT2D eigenvalue weighted by molar-refractivity contribution is -0.118. The second-order valence-electron chi connectivity index (χ2n) is 7.78. The van der Waals surface area contributed by atoms with E-state index in [1.54, 1.807) is 0 Å². The first-order chi connectivity index (χ1) is 14.1. The van der Waals surface area contributed by atoms with Crippen LogP contribution in [-0.4, -0.2) is 25.7 Å². The van der Waals surface area contributed by atoms with Gasteiger partial charge in [0.2, 0.25) is 5.91 Å². The summed E-state index contributed by atoms with van der Waals surface area (Å²) in [7, 11) is 0. The Bertz CT molecular complexity index is 684. The van der Waals surface area contributed by atoms with E-state index in [-0.39, 0.29) is 11.8 Å². The van der Waals surface area contributed by atoms with Crippen molar-refractivity contribution in [2.24, 2.45) is 5.92 Å². The summed E-state index contributed by atoms with van der Waals surface area (Å²) in [5.41, 5.74) is 3.43. The van der Waals surface area contributed by atoms with Crippen LogP contribution in [-0.2, 0) is 22.5 Å². The van der Waals surface area contributed by atoms with Gasteiger partial charge in [-0.3, -0.25) is 4.79 Å². The van der Waals surface area contributed by atoms with Gasteiger partial charge in [0, 0.05) is 24.8 Å². The van der Waals surface area contributed by atoms with Crippen molar-refractivity contribution in [3.05, 3.63) is 65.7 Å². The highest BCUT2D eigenvalue weighted by atomic mass is 16.5. The standard InChI is InChI=1S/C25H36N2O2/c1-21(2)25(28)27-24-14-12-22(13-15-24)16-19-29-18-9-4-3-8-17-26-20-23-10-6-5-7-11-23/h5-7,10-15,21,26H,3-4,8-9,16-20H2,1-2H3,(H,27,28). The molecular weight excluding hydrogens is 360 g/mol. The Morgan fingerprint density at radius 1 is 0.862 bits per heavy atom. The predicted molar refractivity (Wildman–Crippen MR) is 121 cm³/mol. The van der Waals surface area contributed by atoms with Crippen LogP contribution in [0.1, 0.15) is 50.7 Å². The molecule has 4 heteroatoms. The fraction of sp³-hybridized carbons (Fsp3) is 0.480. The van der Waals surface area contributed by atoms with Gasteiger partial charge in [-0.1, -0.05) is 69.2 Å². The van der Waals surface area contributed by atoms with Gasteiger partial charge in [-0.15, -0.1) is 0 Å². The van der Waals surface area contributed by atoms with Crippen LogP contribution in [0, 0.1) is 5.92 Å². The average Bonchev–Trinajstić information content (AvgIpc) is 2.73. The molecule has 0 bridgehead atoms. The van der Waals surface area contributed by atoms with E-state index in [4.69, 9.17) is 4.74 Å². The summed E-state index contributed by atoms with van der Waals surface area (Å²) in [6.45, 7) is 7.39. The Labute approximate surface area is 176 Å². The first-order valence-electron chi connectivity index (χ1n) is 10.9. The van der Waals surface area contributed by atoms with Crippen molar-refractivity contribution in [2.75, 3.05) is 25.1 Å². The molecule has 0 saturated heterocycles. The minimum absolute atomic E-state index is 0.00590. The van der Waals surface area contributed by atoms with Crippen molar-refractivity contribution in [1.82, 2.24) is 5.32 Å². The van der Waals surface area contributed by atoms with Crippen LogP contribution in [0.25, 0.3) is 0 Å². The number of anilines is 1. The van der Waals surface area contributed by atoms with Crippen molar-refractivity contribution in [1.29, 1.82) is 0 Å². The average molecular weight is 397 g/mol. The number of nitrogens with one attached hydrogen (secondary N) is 2. The molecule has 0 spiro atoms. The zero-order valence-corrected chi connectivity index (χ0v) is 18.0. The number of hydrogen-bond donors (Lipinski definition) is 2. The number of benzene rings is 2. The van der Waals surface area contributed by atoms with Gasteiger partial charge in [0.15, 0.2) is 0 Å². The molecule has 0 aliphatic carbocycles. The summed E-state index contributed by atoms with van der Waals surface area (Å²) in [6, 6.07) is 18.6. The number of ether oxygens (including phenoxy) is 1. The largest absolute Gasteiger partial charge is 0.381 e. The van der Waals surface area contributed by atoms with Gasteiger partial charge in [-0.2, -0.15) is 0 Å². The van der Waals surface area contributed by atoms with Gasteiger partial charge < -0.3 is 15.4 Å². The third-order valence-electron chi connectivity index (χ3n) is 4.85. The molecule has 2 N–H and O–H groups in total. The highest BCUT2D eigenvalue weighted by Crippen LogP contribution is 2.11. The van der Waals surface area contributed by atoms with E-state index in [9.17, 15) is 4.79 Å². The zero-order chi connectivity index (χ0) is 20.7. The van der Waals surface area contributed by atoms with Crippen LogP contribution < -0.4 is 10.6 Å². The predicted octanol–water partition coefficient (Wildman–Crippen LogP) is 5.19. The molecule has 4 nitrogen and oxygen atoms in total. The maximum atomic E-state index is 11.7.